The summed E-state index contributed by atoms with van der Waals surface area (Å²) in [5.74, 6) is 1.73. The Morgan fingerprint density at radius 1 is 1.06 bits per heavy atom. The molecule has 0 aromatic carbocycles. The monoisotopic (exact) mass is 245 g/mol. The molecule has 2 aliphatic rings. The van der Waals surface area contributed by atoms with Crippen molar-refractivity contribution < 1.29 is 0 Å². The van der Waals surface area contributed by atoms with Crippen LogP contribution in [0.1, 0.15) is 67.2 Å². The van der Waals surface area contributed by atoms with Crippen LogP contribution in [0.2, 0.25) is 0 Å². The number of nitrogens with zero attached hydrogens (tertiary/aromatic N) is 2. The molecular formula is C15H23N3. The van der Waals surface area contributed by atoms with E-state index in [1.54, 1.807) is 0 Å². The number of nitrogens with one attached hydrogen (secondary N) is 1. The maximum Gasteiger partial charge on any atom is 0.132 e. The van der Waals surface area contributed by atoms with Crippen molar-refractivity contribution in [2.75, 3.05) is 6.54 Å². The van der Waals surface area contributed by atoms with E-state index in [-0.39, 0.29) is 0 Å². The van der Waals surface area contributed by atoms with E-state index in [2.05, 4.69) is 12.2 Å². The molecule has 0 atom stereocenters. The minimum atomic E-state index is 0.610. The zero-order chi connectivity index (χ0) is 12.4. The fourth-order valence-electron chi connectivity index (χ4n) is 3.29. The Hall–Kier alpha value is -0.960. The Balaban J connectivity index is 1.89. The van der Waals surface area contributed by atoms with Gasteiger partial charge in [-0.25, -0.2) is 9.97 Å². The lowest BCUT2D eigenvalue weighted by atomic mass is 9.97. The van der Waals surface area contributed by atoms with E-state index in [0.29, 0.717) is 5.92 Å². The summed E-state index contributed by atoms with van der Waals surface area (Å²) in [4.78, 5) is 9.68. The van der Waals surface area contributed by atoms with Crippen LogP contribution >= 0.6 is 0 Å². The minimum Gasteiger partial charge on any atom is -0.311 e. The van der Waals surface area contributed by atoms with Gasteiger partial charge in [-0.2, -0.15) is 0 Å². The van der Waals surface area contributed by atoms with Crippen molar-refractivity contribution >= 4 is 0 Å². The lowest BCUT2D eigenvalue weighted by Gasteiger charge is -2.21. The molecular weight excluding hydrogens is 222 g/mol. The van der Waals surface area contributed by atoms with Gasteiger partial charge in [0, 0.05) is 18.2 Å². The van der Waals surface area contributed by atoms with Gasteiger partial charge in [0.15, 0.2) is 0 Å². The molecule has 0 saturated heterocycles. The summed E-state index contributed by atoms with van der Waals surface area (Å²) in [6.07, 6.45) is 9.14. The normalized spacial score (nSPS) is 21.4. The number of rotatable bonds is 1. The molecule has 1 aromatic rings. The van der Waals surface area contributed by atoms with Crippen molar-refractivity contribution in [3.63, 3.8) is 0 Å². The molecule has 3 rings (SSSR count). The first-order valence-electron chi connectivity index (χ1n) is 7.41. The van der Waals surface area contributed by atoms with Gasteiger partial charge in [-0.15, -0.1) is 0 Å². The van der Waals surface area contributed by atoms with E-state index in [4.69, 9.17) is 9.97 Å². The molecule has 0 radical (unpaired) electrons. The first-order valence-corrected chi connectivity index (χ1v) is 7.41. The molecule has 0 unspecified atom stereocenters. The summed E-state index contributed by atoms with van der Waals surface area (Å²) in [5, 5.41) is 3.42. The molecule has 3 heteroatoms. The third-order valence-corrected chi connectivity index (χ3v) is 4.38. The number of fused-ring (bicyclic) bond motifs is 1. The minimum absolute atomic E-state index is 0.610. The second-order valence-electron chi connectivity index (χ2n) is 5.71. The molecule has 1 aliphatic heterocycles. The predicted octanol–water partition coefficient (Wildman–Crippen LogP) is 2.87. The summed E-state index contributed by atoms with van der Waals surface area (Å²) in [6.45, 7) is 4.16. The number of aryl methyl sites for hydroxylation is 1. The van der Waals surface area contributed by atoms with Crippen LogP contribution in [0.25, 0.3) is 0 Å². The van der Waals surface area contributed by atoms with Crippen molar-refractivity contribution in [2.45, 2.75) is 64.3 Å². The average Bonchev–Trinajstić information content (AvgIpc) is 2.67. The highest BCUT2D eigenvalue weighted by atomic mass is 15.0. The van der Waals surface area contributed by atoms with E-state index < -0.39 is 0 Å². The molecule has 1 aromatic heterocycles. The number of aromatic nitrogens is 2. The van der Waals surface area contributed by atoms with Gasteiger partial charge in [-0.05, 0) is 38.3 Å². The van der Waals surface area contributed by atoms with Crippen LogP contribution in [0.15, 0.2) is 0 Å². The molecule has 1 saturated carbocycles. The van der Waals surface area contributed by atoms with Crippen LogP contribution in [0.5, 0.6) is 0 Å². The second-order valence-corrected chi connectivity index (χ2v) is 5.71. The Morgan fingerprint density at radius 3 is 2.61 bits per heavy atom. The highest BCUT2D eigenvalue weighted by molar-refractivity contribution is 5.28. The van der Waals surface area contributed by atoms with Crippen LogP contribution in [0.4, 0.5) is 0 Å². The molecule has 1 aliphatic carbocycles. The van der Waals surface area contributed by atoms with Crippen LogP contribution in [-0.2, 0) is 13.0 Å². The third kappa shape index (κ3) is 2.41. The fraction of sp³-hybridized carbons (Fsp3) is 0.733. The van der Waals surface area contributed by atoms with Crippen molar-refractivity contribution in [1.29, 1.82) is 0 Å². The first kappa shape index (κ1) is 12.1. The van der Waals surface area contributed by atoms with Gasteiger partial charge in [0.25, 0.3) is 0 Å². The maximum absolute atomic E-state index is 4.87. The predicted molar refractivity (Wildman–Crippen MR) is 72.6 cm³/mol. The van der Waals surface area contributed by atoms with Crippen LogP contribution < -0.4 is 5.32 Å². The summed E-state index contributed by atoms with van der Waals surface area (Å²) in [6, 6.07) is 0. The first-order chi connectivity index (χ1) is 8.84. The van der Waals surface area contributed by atoms with Crippen molar-refractivity contribution in [2.24, 2.45) is 0 Å². The van der Waals surface area contributed by atoms with E-state index in [9.17, 15) is 0 Å². The van der Waals surface area contributed by atoms with Gasteiger partial charge in [-0.3, -0.25) is 0 Å². The molecule has 18 heavy (non-hydrogen) atoms. The molecule has 2 heterocycles. The van der Waals surface area contributed by atoms with E-state index in [0.717, 1.165) is 25.3 Å². The largest absolute Gasteiger partial charge is 0.311 e. The molecule has 98 valence electrons. The lowest BCUT2D eigenvalue weighted by Crippen LogP contribution is -2.27. The Labute approximate surface area is 109 Å². The molecule has 0 spiro atoms. The number of hydrogen-bond acceptors (Lipinski definition) is 3. The zero-order valence-electron chi connectivity index (χ0n) is 11.3. The van der Waals surface area contributed by atoms with Crippen molar-refractivity contribution in [1.82, 2.24) is 15.3 Å². The molecule has 0 amide bonds. The topological polar surface area (TPSA) is 37.8 Å². The second kappa shape index (κ2) is 5.35. The fourth-order valence-corrected chi connectivity index (χ4v) is 3.29. The maximum atomic E-state index is 4.87. The highest BCUT2D eigenvalue weighted by Crippen LogP contribution is 2.30. The zero-order valence-corrected chi connectivity index (χ0v) is 11.3. The van der Waals surface area contributed by atoms with Gasteiger partial charge in [0.05, 0.1) is 5.69 Å². The van der Waals surface area contributed by atoms with Gasteiger partial charge < -0.3 is 5.32 Å². The van der Waals surface area contributed by atoms with Crippen LogP contribution in [0.3, 0.4) is 0 Å². The van der Waals surface area contributed by atoms with E-state index >= 15 is 0 Å². The summed E-state index contributed by atoms with van der Waals surface area (Å²) in [5.41, 5.74) is 3.87. The standard InChI is InChI=1S/C15H23N3/c1-11-13-8-9-16-10-14(13)18-15(17-11)12-6-4-2-3-5-7-12/h12,16H,2-10H2,1H3. The highest BCUT2D eigenvalue weighted by Gasteiger charge is 2.21. The average molecular weight is 245 g/mol. The van der Waals surface area contributed by atoms with Gasteiger partial charge >= 0.3 is 0 Å². The summed E-state index contributed by atoms with van der Waals surface area (Å²) >= 11 is 0. The molecule has 1 fully saturated rings. The van der Waals surface area contributed by atoms with Crippen LogP contribution in [-0.4, -0.2) is 16.5 Å². The van der Waals surface area contributed by atoms with Gasteiger partial charge in [0.1, 0.15) is 5.82 Å². The molecule has 3 nitrogen and oxygen atoms in total. The smallest absolute Gasteiger partial charge is 0.132 e. The third-order valence-electron chi connectivity index (χ3n) is 4.38. The Morgan fingerprint density at radius 2 is 1.83 bits per heavy atom. The SMILES string of the molecule is Cc1nc(C2CCCCCC2)nc2c1CCNC2. The van der Waals surface area contributed by atoms with Crippen LogP contribution in [0, 0.1) is 6.92 Å². The summed E-state index contributed by atoms with van der Waals surface area (Å²) < 4.78 is 0. The Kier molecular flexibility index (Phi) is 3.59. The molecule has 1 N–H and O–H groups in total. The quantitative estimate of drug-likeness (QED) is 0.773. The van der Waals surface area contributed by atoms with Gasteiger partial charge in [0.2, 0.25) is 0 Å². The van der Waals surface area contributed by atoms with E-state index in [1.165, 1.54) is 55.5 Å². The Bertz CT molecular complexity index is 420. The van der Waals surface area contributed by atoms with Crippen molar-refractivity contribution in [3.05, 3.63) is 22.8 Å². The summed E-state index contributed by atoms with van der Waals surface area (Å²) in [7, 11) is 0. The van der Waals surface area contributed by atoms with E-state index in [1.807, 2.05) is 0 Å². The number of hydrogen-bond donors (Lipinski definition) is 1. The van der Waals surface area contributed by atoms with Crippen molar-refractivity contribution in [3.8, 4) is 0 Å². The lowest BCUT2D eigenvalue weighted by molar-refractivity contribution is 0.541. The molecule has 0 bridgehead atoms. The van der Waals surface area contributed by atoms with Gasteiger partial charge in [-0.1, -0.05) is 25.7 Å².